The van der Waals surface area contributed by atoms with Gasteiger partial charge in [-0.2, -0.15) is 0 Å². The van der Waals surface area contributed by atoms with Gasteiger partial charge in [0.1, 0.15) is 5.75 Å². The number of carbonyl (C=O) groups is 1. The highest BCUT2D eigenvalue weighted by Crippen LogP contribution is 2.48. The topological polar surface area (TPSA) is 69.0 Å². The summed E-state index contributed by atoms with van der Waals surface area (Å²) in [6.07, 6.45) is 1.75. The molecule has 0 saturated heterocycles. The maximum atomic E-state index is 12.7. The Balaban J connectivity index is 1.66. The van der Waals surface area contributed by atoms with Crippen molar-refractivity contribution in [2.45, 2.75) is 36.9 Å². The first kappa shape index (κ1) is 16.8. The zero-order chi connectivity index (χ0) is 17.2. The van der Waals surface area contributed by atoms with Crippen LogP contribution in [0.15, 0.2) is 29.4 Å². The van der Waals surface area contributed by atoms with Crippen LogP contribution in [0.2, 0.25) is 0 Å². The number of rotatable bonds is 7. The Morgan fingerprint density at radius 2 is 2.04 bits per heavy atom. The maximum Gasteiger partial charge on any atom is 0.231 e. The van der Waals surface area contributed by atoms with Crippen LogP contribution in [0.3, 0.4) is 0 Å². The molecule has 1 amide bonds. The lowest BCUT2D eigenvalue weighted by molar-refractivity contribution is -0.123. The van der Waals surface area contributed by atoms with Gasteiger partial charge >= 0.3 is 0 Å². The summed E-state index contributed by atoms with van der Waals surface area (Å²) >= 11 is 1.64. The molecule has 1 aromatic heterocycles. The minimum absolute atomic E-state index is 0.0559. The Kier molecular flexibility index (Phi) is 4.80. The first-order chi connectivity index (χ1) is 11.6. The SMILES string of the molecule is CCSc1nnc(CNC(=O)C2(c3ccc(OC)cc3)CC2)n1C. The zero-order valence-corrected chi connectivity index (χ0v) is 15.0. The molecule has 0 unspecified atom stereocenters. The summed E-state index contributed by atoms with van der Waals surface area (Å²) in [7, 11) is 3.57. The van der Waals surface area contributed by atoms with Gasteiger partial charge < -0.3 is 14.6 Å². The number of nitrogens with one attached hydrogen (secondary N) is 1. The molecule has 1 aliphatic carbocycles. The number of carbonyl (C=O) groups excluding carboxylic acids is 1. The summed E-state index contributed by atoms with van der Waals surface area (Å²) in [5.41, 5.74) is 0.646. The molecule has 1 N–H and O–H groups in total. The van der Waals surface area contributed by atoms with Crippen molar-refractivity contribution in [1.82, 2.24) is 20.1 Å². The standard InChI is InChI=1S/C17H22N4O2S/c1-4-24-16-20-19-14(21(16)2)11-18-15(22)17(9-10-17)12-5-7-13(23-3)8-6-12/h5-8H,4,9-11H2,1-3H3,(H,18,22). The molecule has 1 saturated carbocycles. The fourth-order valence-electron chi connectivity index (χ4n) is 2.76. The average Bonchev–Trinajstić information content (AvgIpc) is 3.35. The van der Waals surface area contributed by atoms with Crippen LogP contribution in [0.1, 0.15) is 31.2 Å². The predicted octanol–water partition coefficient (Wildman–Crippen LogP) is 2.28. The van der Waals surface area contributed by atoms with Crippen LogP contribution in [-0.4, -0.2) is 33.5 Å². The van der Waals surface area contributed by atoms with E-state index in [1.54, 1.807) is 18.9 Å². The van der Waals surface area contributed by atoms with Crippen molar-refractivity contribution >= 4 is 17.7 Å². The Bertz CT molecular complexity index is 723. The normalized spacial score (nSPS) is 15.1. The molecule has 2 aromatic rings. The number of ether oxygens (including phenoxy) is 1. The third kappa shape index (κ3) is 3.13. The third-order valence-electron chi connectivity index (χ3n) is 4.43. The van der Waals surface area contributed by atoms with Gasteiger partial charge in [0.05, 0.1) is 19.1 Å². The van der Waals surface area contributed by atoms with E-state index < -0.39 is 5.41 Å². The predicted molar refractivity (Wildman–Crippen MR) is 93.2 cm³/mol. The van der Waals surface area contributed by atoms with Crippen molar-refractivity contribution in [2.24, 2.45) is 7.05 Å². The maximum absolute atomic E-state index is 12.7. The Hall–Kier alpha value is -2.02. The molecule has 0 atom stereocenters. The minimum atomic E-state index is -0.397. The molecule has 1 fully saturated rings. The van der Waals surface area contributed by atoms with Gasteiger partial charge in [0, 0.05) is 7.05 Å². The van der Waals surface area contributed by atoms with Crippen molar-refractivity contribution in [3.8, 4) is 5.75 Å². The van der Waals surface area contributed by atoms with Gasteiger partial charge in [0.15, 0.2) is 11.0 Å². The van der Waals surface area contributed by atoms with Crippen molar-refractivity contribution < 1.29 is 9.53 Å². The van der Waals surface area contributed by atoms with Crippen molar-refractivity contribution in [3.63, 3.8) is 0 Å². The summed E-state index contributed by atoms with van der Waals surface area (Å²) in [5, 5.41) is 12.2. The van der Waals surface area contributed by atoms with Crippen LogP contribution in [0.5, 0.6) is 5.75 Å². The second-order valence-corrected chi connectivity index (χ2v) is 7.12. The van der Waals surface area contributed by atoms with Crippen molar-refractivity contribution in [2.75, 3.05) is 12.9 Å². The average molecular weight is 346 g/mol. The Morgan fingerprint density at radius 3 is 2.62 bits per heavy atom. The molecule has 0 bridgehead atoms. The third-order valence-corrected chi connectivity index (χ3v) is 5.34. The zero-order valence-electron chi connectivity index (χ0n) is 14.2. The van der Waals surface area contributed by atoms with Crippen LogP contribution >= 0.6 is 11.8 Å². The van der Waals surface area contributed by atoms with Crippen molar-refractivity contribution in [1.29, 1.82) is 0 Å². The fourth-order valence-corrected chi connectivity index (χ4v) is 3.42. The first-order valence-corrected chi connectivity index (χ1v) is 9.03. The lowest BCUT2D eigenvalue weighted by atomic mass is 9.95. The number of aromatic nitrogens is 3. The second kappa shape index (κ2) is 6.84. The molecule has 1 aromatic carbocycles. The molecule has 0 spiro atoms. The second-order valence-electron chi connectivity index (χ2n) is 5.88. The monoisotopic (exact) mass is 346 g/mol. The molecule has 128 valence electrons. The van der Waals surface area contributed by atoms with Crippen LogP contribution in [0, 0.1) is 0 Å². The highest BCUT2D eigenvalue weighted by molar-refractivity contribution is 7.99. The van der Waals surface area contributed by atoms with E-state index in [1.165, 1.54) is 0 Å². The van der Waals surface area contributed by atoms with Gasteiger partial charge in [0.2, 0.25) is 5.91 Å². The molecule has 1 aliphatic rings. The van der Waals surface area contributed by atoms with E-state index in [2.05, 4.69) is 22.4 Å². The highest BCUT2D eigenvalue weighted by Gasteiger charge is 2.51. The first-order valence-electron chi connectivity index (χ1n) is 8.04. The lowest BCUT2D eigenvalue weighted by Crippen LogP contribution is -2.35. The molecule has 3 rings (SSSR count). The van der Waals surface area contributed by atoms with Gasteiger partial charge in [-0.3, -0.25) is 4.79 Å². The number of amides is 1. The summed E-state index contributed by atoms with van der Waals surface area (Å²) in [4.78, 5) is 12.7. The van der Waals surface area contributed by atoms with Crippen molar-refractivity contribution in [3.05, 3.63) is 35.7 Å². The molecular weight excluding hydrogens is 324 g/mol. The van der Waals surface area contributed by atoms with Gasteiger partial charge in [-0.25, -0.2) is 0 Å². The lowest BCUT2D eigenvalue weighted by Gasteiger charge is -2.16. The quantitative estimate of drug-likeness (QED) is 0.779. The van der Waals surface area contributed by atoms with Crippen LogP contribution in [-0.2, 0) is 23.8 Å². The van der Waals surface area contributed by atoms with Gasteiger partial charge in [-0.05, 0) is 36.3 Å². The van der Waals surface area contributed by atoms with Crippen LogP contribution < -0.4 is 10.1 Å². The van der Waals surface area contributed by atoms with E-state index in [1.807, 2.05) is 35.9 Å². The van der Waals surface area contributed by atoms with Crippen LogP contribution in [0.25, 0.3) is 0 Å². The molecule has 7 heteroatoms. The van der Waals surface area contributed by atoms with E-state index in [4.69, 9.17) is 4.74 Å². The largest absolute Gasteiger partial charge is 0.497 e. The number of nitrogens with zero attached hydrogens (tertiary/aromatic N) is 3. The Labute approximate surface area is 146 Å². The molecule has 24 heavy (non-hydrogen) atoms. The molecule has 0 aliphatic heterocycles. The molecule has 0 radical (unpaired) electrons. The summed E-state index contributed by atoms with van der Waals surface area (Å²) in [5.74, 6) is 2.57. The Morgan fingerprint density at radius 1 is 1.33 bits per heavy atom. The van der Waals surface area contributed by atoms with Gasteiger partial charge in [-0.1, -0.05) is 30.8 Å². The molecule has 1 heterocycles. The minimum Gasteiger partial charge on any atom is -0.497 e. The number of hydrogen-bond acceptors (Lipinski definition) is 5. The summed E-state index contributed by atoms with van der Waals surface area (Å²) < 4.78 is 7.11. The summed E-state index contributed by atoms with van der Waals surface area (Å²) in [6, 6.07) is 7.76. The molecule has 6 nitrogen and oxygen atoms in total. The smallest absolute Gasteiger partial charge is 0.231 e. The number of hydrogen-bond donors (Lipinski definition) is 1. The fraction of sp³-hybridized carbons (Fsp3) is 0.471. The van der Waals surface area contributed by atoms with Crippen LogP contribution in [0.4, 0.5) is 0 Å². The van der Waals surface area contributed by atoms with E-state index in [-0.39, 0.29) is 5.91 Å². The van der Waals surface area contributed by atoms with E-state index in [9.17, 15) is 4.79 Å². The number of methoxy groups -OCH3 is 1. The van der Waals surface area contributed by atoms with E-state index in [0.29, 0.717) is 6.54 Å². The number of thioether (sulfide) groups is 1. The van der Waals surface area contributed by atoms with E-state index >= 15 is 0 Å². The van der Waals surface area contributed by atoms with Gasteiger partial charge in [0.25, 0.3) is 0 Å². The highest BCUT2D eigenvalue weighted by atomic mass is 32.2. The molecular formula is C17H22N4O2S. The summed E-state index contributed by atoms with van der Waals surface area (Å²) in [6.45, 7) is 2.47. The van der Waals surface area contributed by atoms with Gasteiger partial charge in [-0.15, -0.1) is 10.2 Å². The van der Waals surface area contributed by atoms with E-state index in [0.717, 1.165) is 40.9 Å². The number of benzene rings is 1.